The number of halogens is 1. The van der Waals surface area contributed by atoms with E-state index in [4.69, 9.17) is 20.9 Å². The van der Waals surface area contributed by atoms with E-state index in [2.05, 4.69) is 0 Å². The van der Waals surface area contributed by atoms with Crippen molar-refractivity contribution in [3.63, 3.8) is 0 Å². The average molecular weight is 367 g/mol. The maximum absolute atomic E-state index is 14.6. The lowest BCUT2D eigenvalue weighted by Gasteiger charge is -2.29. The lowest BCUT2D eigenvalue weighted by Crippen LogP contribution is -2.45. The van der Waals surface area contributed by atoms with Crippen LogP contribution < -0.4 is 16.4 Å². The maximum atomic E-state index is 14.6. The first-order chi connectivity index (χ1) is 12.0. The van der Waals surface area contributed by atoms with Gasteiger partial charge in [-0.2, -0.15) is 0 Å². The smallest absolute Gasteiger partial charge is 0.338 e. The first kappa shape index (κ1) is 20.0. The van der Waals surface area contributed by atoms with Gasteiger partial charge in [-0.05, 0) is 46.2 Å². The van der Waals surface area contributed by atoms with E-state index in [0.717, 1.165) is 6.07 Å². The molecule has 1 aromatic rings. The van der Waals surface area contributed by atoms with E-state index in [1.54, 1.807) is 27.7 Å². The standard InChI is InChI=1S/C18H26FN3O4/c1-5-25-16(23)10-8-12(19)14(13(20)9-10)22-7-6-11(15(22)21)17(24)26-18(2,3)4/h8-9,11,15H,5-7,20-21H2,1-4H3/t11-,15?/m0/s1. The van der Waals surface area contributed by atoms with Crippen LogP contribution in [0, 0.1) is 11.7 Å². The second kappa shape index (κ2) is 7.49. The number of rotatable bonds is 4. The van der Waals surface area contributed by atoms with Crippen molar-refractivity contribution in [2.75, 3.05) is 23.8 Å². The number of carbonyl (C=O) groups is 2. The highest BCUT2D eigenvalue weighted by molar-refractivity contribution is 5.92. The summed E-state index contributed by atoms with van der Waals surface area (Å²) >= 11 is 0. The van der Waals surface area contributed by atoms with Crippen LogP contribution in [0.3, 0.4) is 0 Å². The van der Waals surface area contributed by atoms with E-state index < -0.39 is 35.4 Å². The quantitative estimate of drug-likeness (QED) is 0.619. The molecule has 0 aliphatic carbocycles. The van der Waals surface area contributed by atoms with E-state index in [9.17, 15) is 14.0 Å². The van der Waals surface area contributed by atoms with Crippen LogP contribution in [0.1, 0.15) is 44.5 Å². The van der Waals surface area contributed by atoms with Crippen molar-refractivity contribution in [2.24, 2.45) is 11.7 Å². The molecule has 0 spiro atoms. The Morgan fingerprint density at radius 1 is 1.35 bits per heavy atom. The highest BCUT2D eigenvalue weighted by Gasteiger charge is 2.40. The molecule has 2 rings (SSSR count). The summed E-state index contributed by atoms with van der Waals surface area (Å²) < 4.78 is 24.9. The monoisotopic (exact) mass is 367 g/mol. The Morgan fingerprint density at radius 3 is 2.54 bits per heavy atom. The van der Waals surface area contributed by atoms with Crippen molar-refractivity contribution in [1.29, 1.82) is 0 Å². The second-order valence-electron chi connectivity index (χ2n) is 7.23. The van der Waals surface area contributed by atoms with Gasteiger partial charge in [-0.25, -0.2) is 9.18 Å². The molecule has 26 heavy (non-hydrogen) atoms. The number of hydrogen-bond acceptors (Lipinski definition) is 7. The minimum Gasteiger partial charge on any atom is -0.462 e. The van der Waals surface area contributed by atoms with Crippen molar-refractivity contribution in [1.82, 2.24) is 0 Å². The summed E-state index contributed by atoms with van der Waals surface area (Å²) in [6, 6.07) is 2.42. The molecule has 1 heterocycles. The van der Waals surface area contributed by atoms with Gasteiger partial charge in [0.05, 0.1) is 35.6 Å². The Morgan fingerprint density at radius 2 is 2.00 bits per heavy atom. The Kier molecular flexibility index (Phi) is 5.75. The molecule has 0 amide bonds. The van der Waals surface area contributed by atoms with Crippen molar-refractivity contribution in [2.45, 2.75) is 45.9 Å². The van der Waals surface area contributed by atoms with Gasteiger partial charge in [-0.3, -0.25) is 4.79 Å². The van der Waals surface area contributed by atoms with Gasteiger partial charge >= 0.3 is 11.9 Å². The van der Waals surface area contributed by atoms with E-state index in [0.29, 0.717) is 13.0 Å². The molecule has 0 bridgehead atoms. The second-order valence-corrected chi connectivity index (χ2v) is 7.23. The van der Waals surface area contributed by atoms with Gasteiger partial charge in [0, 0.05) is 6.54 Å². The lowest BCUT2D eigenvalue weighted by molar-refractivity contribution is -0.160. The predicted octanol–water partition coefficient (Wildman–Crippen LogP) is 2.04. The minimum atomic E-state index is -0.768. The van der Waals surface area contributed by atoms with Crippen molar-refractivity contribution >= 4 is 23.3 Å². The van der Waals surface area contributed by atoms with Crippen LogP contribution in [0.4, 0.5) is 15.8 Å². The fourth-order valence-corrected chi connectivity index (χ4v) is 2.97. The third-order valence-electron chi connectivity index (χ3n) is 4.05. The Labute approximate surface area is 152 Å². The average Bonchev–Trinajstić information content (AvgIpc) is 2.87. The van der Waals surface area contributed by atoms with Gasteiger partial charge in [-0.1, -0.05) is 0 Å². The molecule has 2 atom stereocenters. The molecule has 0 radical (unpaired) electrons. The lowest BCUT2D eigenvalue weighted by atomic mass is 10.1. The number of benzene rings is 1. The molecular weight excluding hydrogens is 341 g/mol. The summed E-state index contributed by atoms with van der Waals surface area (Å²) in [5.41, 5.74) is 11.7. The Hall–Kier alpha value is -2.35. The molecule has 8 heteroatoms. The third kappa shape index (κ3) is 4.24. The number of esters is 2. The number of nitrogen functional groups attached to an aromatic ring is 1. The first-order valence-electron chi connectivity index (χ1n) is 8.56. The van der Waals surface area contributed by atoms with E-state index in [-0.39, 0.29) is 23.5 Å². The fraction of sp³-hybridized carbons (Fsp3) is 0.556. The zero-order valence-electron chi connectivity index (χ0n) is 15.5. The molecule has 0 aromatic heterocycles. The molecule has 1 aliphatic heterocycles. The predicted molar refractivity (Wildman–Crippen MR) is 96.0 cm³/mol. The number of nitrogens with two attached hydrogens (primary N) is 2. The van der Waals surface area contributed by atoms with Crippen LogP contribution in [0.2, 0.25) is 0 Å². The van der Waals surface area contributed by atoms with Crippen LogP contribution in [0.25, 0.3) is 0 Å². The number of carbonyl (C=O) groups excluding carboxylic acids is 2. The topological polar surface area (TPSA) is 108 Å². The van der Waals surface area contributed by atoms with E-state index >= 15 is 0 Å². The van der Waals surface area contributed by atoms with Gasteiger partial charge in [0.2, 0.25) is 0 Å². The summed E-state index contributed by atoms with van der Waals surface area (Å²) in [4.78, 5) is 25.6. The van der Waals surface area contributed by atoms with Crippen molar-refractivity contribution in [3.05, 3.63) is 23.5 Å². The molecule has 1 aliphatic rings. The molecule has 7 nitrogen and oxygen atoms in total. The number of hydrogen-bond donors (Lipinski definition) is 2. The van der Waals surface area contributed by atoms with Crippen molar-refractivity contribution in [3.8, 4) is 0 Å². The van der Waals surface area contributed by atoms with Crippen LogP contribution in [0.15, 0.2) is 12.1 Å². The van der Waals surface area contributed by atoms with Crippen LogP contribution >= 0.6 is 0 Å². The van der Waals surface area contributed by atoms with Gasteiger partial charge in [0.15, 0.2) is 0 Å². The fourth-order valence-electron chi connectivity index (χ4n) is 2.97. The summed E-state index contributed by atoms with van der Waals surface area (Å²) in [6.45, 7) is 7.51. The Bertz CT molecular complexity index is 679. The Balaban J connectivity index is 2.24. The molecule has 1 unspecified atom stereocenters. The molecule has 1 fully saturated rings. The molecular formula is C18H26FN3O4. The van der Waals surface area contributed by atoms with Gasteiger partial charge in [0.1, 0.15) is 11.4 Å². The molecule has 144 valence electrons. The van der Waals surface area contributed by atoms with E-state index in [1.165, 1.54) is 11.0 Å². The van der Waals surface area contributed by atoms with Gasteiger partial charge in [-0.15, -0.1) is 0 Å². The SMILES string of the molecule is CCOC(=O)c1cc(N)c(N2CC[C@H](C(=O)OC(C)(C)C)C2N)c(F)c1. The zero-order valence-corrected chi connectivity index (χ0v) is 15.5. The highest BCUT2D eigenvalue weighted by Crippen LogP contribution is 2.35. The van der Waals surface area contributed by atoms with E-state index in [1.807, 2.05) is 0 Å². The minimum absolute atomic E-state index is 0.0297. The van der Waals surface area contributed by atoms with Gasteiger partial charge < -0.3 is 25.8 Å². The van der Waals surface area contributed by atoms with Crippen LogP contribution in [-0.2, 0) is 14.3 Å². The zero-order chi connectivity index (χ0) is 19.6. The maximum Gasteiger partial charge on any atom is 0.338 e. The molecule has 0 saturated carbocycles. The number of ether oxygens (including phenoxy) is 2. The largest absolute Gasteiger partial charge is 0.462 e. The summed E-state index contributed by atoms with van der Waals surface area (Å²) in [5, 5.41) is 0. The highest BCUT2D eigenvalue weighted by atomic mass is 19.1. The van der Waals surface area contributed by atoms with Crippen LogP contribution in [-0.4, -0.2) is 36.9 Å². The first-order valence-corrected chi connectivity index (χ1v) is 8.56. The summed E-state index contributed by atoms with van der Waals surface area (Å²) in [6.07, 6.45) is -0.343. The van der Waals surface area contributed by atoms with Crippen LogP contribution in [0.5, 0.6) is 0 Å². The third-order valence-corrected chi connectivity index (χ3v) is 4.05. The van der Waals surface area contributed by atoms with Gasteiger partial charge in [0.25, 0.3) is 0 Å². The summed E-state index contributed by atoms with van der Waals surface area (Å²) in [5.74, 6) is -2.34. The normalized spacial score (nSPS) is 20.2. The molecule has 1 aromatic carbocycles. The molecule has 4 N–H and O–H groups in total. The number of anilines is 2. The van der Waals surface area contributed by atoms with Crippen molar-refractivity contribution < 1.29 is 23.5 Å². The number of nitrogens with zero attached hydrogens (tertiary/aromatic N) is 1. The molecule has 1 saturated heterocycles. The summed E-state index contributed by atoms with van der Waals surface area (Å²) in [7, 11) is 0.